The van der Waals surface area contributed by atoms with Crippen molar-refractivity contribution in [3.8, 4) is 5.75 Å². The van der Waals surface area contributed by atoms with Gasteiger partial charge in [0.2, 0.25) is 0 Å². The van der Waals surface area contributed by atoms with E-state index in [2.05, 4.69) is 20.7 Å². The van der Waals surface area contributed by atoms with Gasteiger partial charge in [-0.1, -0.05) is 0 Å². The minimum absolute atomic E-state index is 0.0488. The highest BCUT2D eigenvalue weighted by atomic mass is 19.4. The maximum Gasteiger partial charge on any atom is 0.490 e. The molecule has 0 aliphatic rings. The Morgan fingerprint density at radius 3 is 2.42 bits per heavy atom. The van der Waals surface area contributed by atoms with Crippen LogP contribution in [0.15, 0.2) is 36.5 Å². The molecular weight excluding hydrogens is 419 g/mol. The van der Waals surface area contributed by atoms with Gasteiger partial charge in [-0.2, -0.15) is 22.8 Å². The Balaban J connectivity index is 0.000000423. The van der Waals surface area contributed by atoms with E-state index in [9.17, 15) is 13.2 Å². The van der Waals surface area contributed by atoms with Crippen molar-refractivity contribution in [1.29, 1.82) is 0 Å². The highest BCUT2D eigenvalue weighted by molar-refractivity contribution is 5.73. The van der Waals surface area contributed by atoms with Crippen LogP contribution >= 0.6 is 0 Å². The van der Waals surface area contributed by atoms with E-state index in [1.165, 1.54) is 0 Å². The van der Waals surface area contributed by atoms with Gasteiger partial charge in [0.25, 0.3) is 0 Å². The molecule has 2 aromatic heterocycles. The van der Waals surface area contributed by atoms with E-state index < -0.39 is 12.1 Å². The zero-order chi connectivity index (χ0) is 23.0. The molecular formula is C19H22F3N5O4. The summed E-state index contributed by atoms with van der Waals surface area (Å²) in [5.41, 5.74) is 2.58. The van der Waals surface area contributed by atoms with E-state index in [0.717, 1.165) is 34.3 Å². The van der Waals surface area contributed by atoms with Crippen molar-refractivity contribution in [2.45, 2.75) is 20.0 Å². The van der Waals surface area contributed by atoms with Crippen molar-refractivity contribution in [2.75, 3.05) is 30.4 Å². The fourth-order valence-electron chi connectivity index (χ4n) is 2.45. The number of carbonyl (C=O) groups is 1. The first-order valence-corrected chi connectivity index (χ1v) is 9.16. The van der Waals surface area contributed by atoms with Crippen LogP contribution in [0.1, 0.15) is 12.5 Å². The molecule has 0 radical (unpaired) electrons. The number of aromatic nitrogens is 3. The molecule has 0 saturated carbocycles. The molecule has 0 bridgehead atoms. The van der Waals surface area contributed by atoms with Crippen LogP contribution in [-0.2, 0) is 4.79 Å². The summed E-state index contributed by atoms with van der Waals surface area (Å²) in [4.78, 5) is 13.4. The smallest absolute Gasteiger partial charge is 0.490 e. The predicted octanol–water partition coefficient (Wildman–Crippen LogP) is 3.22. The molecule has 0 fully saturated rings. The van der Waals surface area contributed by atoms with Crippen molar-refractivity contribution in [2.24, 2.45) is 0 Å². The first kappa shape index (κ1) is 23.7. The van der Waals surface area contributed by atoms with Crippen LogP contribution in [0.3, 0.4) is 0 Å². The van der Waals surface area contributed by atoms with Crippen LogP contribution in [0.5, 0.6) is 5.75 Å². The molecule has 0 atom stereocenters. The van der Waals surface area contributed by atoms with Crippen LogP contribution in [0.2, 0.25) is 0 Å². The summed E-state index contributed by atoms with van der Waals surface area (Å²) < 4.78 is 39.0. The number of carboxylic acids is 1. The number of hydrogen-bond donors (Lipinski definition) is 4. The van der Waals surface area contributed by atoms with Crippen LogP contribution in [0, 0.1) is 6.92 Å². The number of aliphatic hydroxyl groups is 1. The van der Waals surface area contributed by atoms with E-state index in [-0.39, 0.29) is 6.61 Å². The Morgan fingerprint density at radius 2 is 1.87 bits per heavy atom. The second-order valence-corrected chi connectivity index (χ2v) is 6.07. The monoisotopic (exact) mass is 441 g/mol. The fourth-order valence-corrected chi connectivity index (χ4v) is 2.45. The topological polar surface area (TPSA) is 121 Å². The Kier molecular flexibility index (Phi) is 8.02. The lowest BCUT2D eigenvalue weighted by Crippen LogP contribution is -2.21. The highest BCUT2D eigenvalue weighted by Gasteiger charge is 2.38. The van der Waals surface area contributed by atoms with Gasteiger partial charge in [0.1, 0.15) is 17.4 Å². The lowest BCUT2D eigenvalue weighted by atomic mass is 10.2. The second-order valence-electron chi connectivity index (χ2n) is 6.07. The molecule has 168 valence electrons. The summed E-state index contributed by atoms with van der Waals surface area (Å²) in [6.07, 6.45) is -3.37. The number of aliphatic carboxylic acids is 1. The Labute approximate surface area is 175 Å². The number of rotatable bonds is 7. The standard InChI is InChI=1S/C17H21N5O2.C2HF3O2/c1-3-24-14-6-4-13(5-7-14)20-17-12(2)16(18-10-11-23)21-15-8-9-19-22(15)17;3-2(4,5)1(6)7/h4-9,20,23H,3,10-11H2,1-2H3,(H,18,21);(H,6,7). The van der Waals surface area contributed by atoms with Gasteiger partial charge >= 0.3 is 12.1 Å². The predicted molar refractivity (Wildman–Crippen MR) is 108 cm³/mol. The van der Waals surface area contributed by atoms with Gasteiger partial charge in [0.15, 0.2) is 5.65 Å². The molecule has 4 N–H and O–H groups in total. The highest BCUT2D eigenvalue weighted by Crippen LogP contribution is 2.27. The van der Waals surface area contributed by atoms with Crippen molar-refractivity contribution in [1.82, 2.24) is 14.6 Å². The first-order chi connectivity index (χ1) is 14.7. The fraction of sp³-hybridized carbons (Fsp3) is 0.316. The van der Waals surface area contributed by atoms with Crippen molar-refractivity contribution in [3.63, 3.8) is 0 Å². The van der Waals surface area contributed by atoms with Crippen LogP contribution in [0.4, 0.5) is 30.5 Å². The Morgan fingerprint density at radius 1 is 1.23 bits per heavy atom. The van der Waals surface area contributed by atoms with E-state index in [4.69, 9.17) is 19.7 Å². The number of fused-ring (bicyclic) bond motifs is 1. The summed E-state index contributed by atoms with van der Waals surface area (Å²) in [5.74, 6) is -0.364. The summed E-state index contributed by atoms with van der Waals surface area (Å²) in [6.45, 7) is 5.06. The van der Waals surface area contributed by atoms with Crippen LogP contribution < -0.4 is 15.4 Å². The van der Waals surface area contributed by atoms with E-state index >= 15 is 0 Å². The van der Waals surface area contributed by atoms with Crippen molar-refractivity contribution < 1.29 is 32.9 Å². The number of nitrogens with zero attached hydrogens (tertiary/aromatic N) is 3. The maximum atomic E-state index is 10.6. The van der Waals surface area contributed by atoms with Crippen molar-refractivity contribution >= 4 is 28.9 Å². The zero-order valence-electron chi connectivity index (χ0n) is 16.8. The van der Waals surface area contributed by atoms with E-state index in [0.29, 0.717) is 13.2 Å². The number of aliphatic hydroxyl groups excluding tert-OH is 1. The third kappa shape index (κ3) is 6.47. The number of alkyl halides is 3. The Bertz CT molecular complexity index is 1010. The molecule has 0 amide bonds. The number of halogens is 3. The minimum atomic E-state index is -5.08. The van der Waals surface area contributed by atoms with E-state index in [1.807, 2.05) is 44.2 Å². The van der Waals surface area contributed by atoms with Crippen molar-refractivity contribution in [3.05, 3.63) is 42.1 Å². The number of anilines is 3. The average Bonchev–Trinajstić information content (AvgIpc) is 3.18. The number of nitrogens with one attached hydrogen (secondary N) is 2. The molecule has 2 heterocycles. The molecule has 3 rings (SSSR count). The molecule has 1 aromatic carbocycles. The van der Waals surface area contributed by atoms with Gasteiger partial charge < -0.3 is 25.6 Å². The van der Waals surface area contributed by atoms with Gasteiger partial charge in [-0.25, -0.2) is 9.78 Å². The lowest BCUT2D eigenvalue weighted by molar-refractivity contribution is -0.192. The number of ether oxygens (including phenoxy) is 1. The third-order valence-corrected chi connectivity index (χ3v) is 3.85. The normalized spacial score (nSPS) is 10.9. The SMILES string of the molecule is CCOc1ccc(Nc2c(C)c(NCCO)nc3ccnn23)cc1.O=C(O)C(F)(F)F. The van der Waals surface area contributed by atoms with Gasteiger partial charge in [-0.3, -0.25) is 0 Å². The molecule has 9 nitrogen and oxygen atoms in total. The summed E-state index contributed by atoms with van der Waals surface area (Å²) >= 11 is 0. The van der Waals surface area contributed by atoms with E-state index in [1.54, 1.807) is 10.7 Å². The molecule has 0 spiro atoms. The largest absolute Gasteiger partial charge is 0.494 e. The first-order valence-electron chi connectivity index (χ1n) is 9.16. The lowest BCUT2D eigenvalue weighted by Gasteiger charge is -2.15. The maximum absolute atomic E-state index is 10.6. The Hall–Kier alpha value is -3.54. The molecule has 0 aliphatic carbocycles. The molecule has 0 aliphatic heterocycles. The molecule has 31 heavy (non-hydrogen) atoms. The second kappa shape index (κ2) is 10.5. The molecule has 12 heteroatoms. The number of carboxylic acid groups (broad SMARTS) is 1. The average molecular weight is 441 g/mol. The quantitative estimate of drug-likeness (QED) is 0.441. The third-order valence-electron chi connectivity index (χ3n) is 3.85. The molecule has 3 aromatic rings. The van der Waals surface area contributed by atoms with Gasteiger partial charge in [0, 0.05) is 23.9 Å². The van der Waals surface area contributed by atoms with Gasteiger partial charge in [-0.05, 0) is 38.1 Å². The van der Waals surface area contributed by atoms with Crippen LogP contribution in [-0.4, -0.2) is 56.7 Å². The number of hydrogen-bond acceptors (Lipinski definition) is 7. The summed E-state index contributed by atoms with van der Waals surface area (Å²) in [5, 5.41) is 27.0. The summed E-state index contributed by atoms with van der Waals surface area (Å²) in [7, 11) is 0. The molecule has 0 unspecified atom stereocenters. The van der Waals surface area contributed by atoms with Gasteiger partial charge in [-0.15, -0.1) is 0 Å². The number of benzene rings is 1. The summed E-state index contributed by atoms with van der Waals surface area (Å²) in [6, 6.07) is 9.61. The van der Waals surface area contributed by atoms with Gasteiger partial charge in [0.05, 0.1) is 19.4 Å². The minimum Gasteiger partial charge on any atom is -0.494 e. The molecule has 0 saturated heterocycles. The zero-order valence-corrected chi connectivity index (χ0v) is 16.8. The van der Waals surface area contributed by atoms with Crippen LogP contribution in [0.25, 0.3) is 5.65 Å².